The average molecular weight is 449 g/mol. The Labute approximate surface area is 183 Å². The summed E-state index contributed by atoms with van der Waals surface area (Å²) in [6.45, 7) is 3.98. The van der Waals surface area contributed by atoms with Crippen LogP contribution in [0.3, 0.4) is 0 Å². The maximum Gasteiger partial charge on any atom is 0.338 e. The Kier molecular flexibility index (Phi) is 8.58. The Bertz CT molecular complexity index is 1010. The number of amides is 1. The SMILES string of the molecule is CCCNC(=O)C(C)OC(=O)c1ccc(OC)c(S(=O)(=O)N(C)Cc2ccccc2)c1. The van der Waals surface area contributed by atoms with Gasteiger partial charge in [0.2, 0.25) is 10.0 Å². The van der Waals surface area contributed by atoms with Gasteiger partial charge in [0.1, 0.15) is 10.6 Å². The van der Waals surface area contributed by atoms with Crippen molar-refractivity contribution in [3.63, 3.8) is 0 Å². The number of carbonyl (C=O) groups excluding carboxylic acids is 2. The van der Waals surface area contributed by atoms with Crippen LogP contribution in [0.1, 0.15) is 36.2 Å². The molecular weight excluding hydrogens is 420 g/mol. The molecule has 0 saturated heterocycles. The van der Waals surface area contributed by atoms with E-state index in [1.54, 1.807) is 0 Å². The summed E-state index contributed by atoms with van der Waals surface area (Å²) < 4.78 is 37.9. The summed E-state index contributed by atoms with van der Waals surface area (Å²) in [4.78, 5) is 24.3. The smallest absolute Gasteiger partial charge is 0.338 e. The van der Waals surface area contributed by atoms with Crippen molar-refractivity contribution in [3.05, 3.63) is 59.7 Å². The maximum absolute atomic E-state index is 13.2. The third-order valence-electron chi connectivity index (χ3n) is 4.54. The van der Waals surface area contributed by atoms with Crippen molar-refractivity contribution in [2.24, 2.45) is 0 Å². The van der Waals surface area contributed by atoms with Crippen molar-refractivity contribution in [1.82, 2.24) is 9.62 Å². The van der Waals surface area contributed by atoms with Gasteiger partial charge in [-0.15, -0.1) is 0 Å². The van der Waals surface area contributed by atoms with E-state index in [-0.39, 0.29) is 22.8 Å². The summed E-state index contributed by atoms with van der Waals surface area (Å²) in [6, 6.07) is 13.1. The van der Waals surface area contributed by atoms with Gasteiger partial charge >= 0.3 is 5.97 Å². The molecule has 0 aliphatic carbocycles. The van der Waals surface area contributed by atoms with Crippen molar-refractivity contribution in [2.75, 3.05) is 20.7 Å². The number of hydrogen-bond acceptors (Lipinski definition) is 6. The Hall–Kier alpha value is -2.91. The number of methoxy groups -OCH3 is 1. The Morgan fingerprint density at radius 1 is 1.13 bits per heavy atom. The first-order chi connectivity index (χ1) is 14.7. The average Bonchev–Trinajstić information content (AvgIpc) is 2.77. The molecule has 2 aromatic rings. The van der Waals surface area contributed by atoms with E-state index in [1.807, 2.05) is 37.3 Å². The predicted octanol–water partition coefficient (Wildman–Crippen LogP) is 2.59. The quantitative estimate of drug-likeness (QED) is 0.561. The molecule has 0 aliphatic rings. The summed E-state index contributed by atoms with van der Waals surface area (Å²) in [5.74, 6) is -1.12. The summed E-state index contributed by atoms with van der Waals surface area (Å²) in [5.41, 5.74) is 0.817. The largest absolute Gasteiger partial charge is 0.495 e. The number of benzene rings is 2. The second-order valence-corrected chi connectivity index (χ2v) is 8.96. The van der Waals surface area contributed by atoms with E-state index < -0.39 is 28.0 Å². The van der Waals surface area contributed by atoms with E-state index in [4.69, 9.17) is 9.47 Å². The second kappa shape index (κ2) is 10.9. The van der Waals surface area contributed by atoms with Crippen LogP contribution < -0.4 is 10.1 Å². The lowest BCUT2D eigenvalue weighted by Crippen LogP contribution is -2.36. The molecule has 0 aromatic heterocycles. The maximum atomic E-state index is 13.2. The topological polar surface area (TPSA) is 102 Å². The summed E-state index contributed by atoms with van der Waals surface area (Å²) in [5, 5.41) is 2.64. The molecule has 2 rings (SSSR count). The zero-order valence-electron chi connectivity index (χ0n) is 18.1. The highest BCUT2D eigenvalue weighted by Crippen LogP contribution is 2.28. The van der Waals surface area contributed by atoms with Gasteiger partial charge in [-0.1, -0.05) is 37.3 Å². The van der Waals surface area contributed by atoms with E-state index in [2.05, 4.69) is 5.32 Å². The Morgan fingerprint density at radius 3 is 2.42 bits per heavy atom. The predicted molar refractivity (Wildman–Crippen MR) is 116 cm³/mol. The normalized spacial score (nSPS) is 12.3. The van der Waals surface area contributed by atoms with E-state index in [0.717, 1.165) is 12.0 Å². The third-order valence-corrected chi connectivity index (χ3v) is 6.36. The number of hydrogen-bond donors (Lipinski definition) is 1. The van der Waals surface area contributed by atoms with Gasteiger partial charge in [0, 0.05) is 20.1 Å². The van der Waals surface area contributed by atoms with Crippen LogP contribution in [-0.4, -0.2) is 51.4 Å². The lowest BCUT2D eigenvalue weighted by molar-refractivity contribution is -0.129. The van der Waals surface area contributed by atoms with Crippen molar-refractivity contribution in [3.8, 4) is 5.75 Å². The van der Waals surface area contributed by atoms with Crippen LogP contribution in [0.25, 0.3) is 0 Å². The molecule has 1 N–H and O–H groups in total. The van der Waals surface area contributed by atoms with Crippen LogP contribution in [0.4, 0.5) is 0 Å². The molecule has 168 valence electrons. The highest BCUT2D eigenvalue weighted by Gasteiger charge is 2.27. The number of nitrogens with one attached hydrogen (secondary N) is 1. The summed E-state index contributed by atoms with van der Waals surface area (Å²) in [7, 11) is -1.17. The van der Waals surface area contributed by atoms with Gasteiger partial charge in [0.15, 0.2) is 6.10 Å². The van der Waals surface area contributed by atoms with Crippen molar-refractivity contribution in [2.45, 2.75) is 37.8 Å². The number of sulfonamides is 1. The minimum Gasteiger partial charge on any atom is -0.495 e. The minimum atomic E-state index is -3.97. The monoisotopic (exact) mass is 448 g/mol. The van der Waals surface area contributed by atoms with Crippen molar-refractivity contribution >= 4 is 21.9 Å². The fourth-order valence-electron chi connectivity index (χ4n) is 2.77. The Balaban J connectivity index is 2.26. The van der Waals surface area contributed by atoms with E-state index in [0.29, 0.717) is 6.54 Å². The van der Waals surface area contributed by atoms with Crippen LogP contribution in [-0.2, 0) is 26.1 Å². The first-order valence-electron chi connectivity index (χ1n) is 9.87. The summed E-state index contributed by atoms with van der Waals surface area (Å²) in [6.07, 6.45) is -0.259. The second-order valence-electron chi connectivity index (χ2n) is 6.95. The molecule has 0 saturated carbocycles. The molecule has 9 heteroatoms. The van der Waals surface area contributed by atoms with Gasteiger partial charge in [-0.05, 0) is 37.1 Å². The standard InChI is InChI=1S/C22H28N2O6S/c1-5-13-23-21(25)16(2)30-22(26)18-11-12-19(29-4)20(14-18)31(27,28)24(3)15-17-9-7-6-8-10-17/h6-12,14,16H,5,13,15H2,1-4H3,(H,23,25). The van der Waals surface area contributed by atoms with Crippen molar-refractivity contribution < 1.29 is 27.5 Å². The molecule has 0 aliphatic heterocycles. The first kappa shape index (κ1) is 24.4. The van der Waals surface area contributed by atoms with Crippen LogP contribution in [0.5, 0.6) is 5.75 Å². The van der Waals surface area contributed by atoms with Crippen LogP contribution in [0.15, 0.2) is 53.4 Å². The molecule has 0 bridgehead atoms. The fourth-order valence-corrected chi connectivity index (χ4v) is 4.11. The molecule has 1 atom stereocenters. The molecule has 31 heavy (non-hydrogen) atoms. The van der Waals surface area contributed by atoms with Crippen LogP contribution >= 0.6 is 0 Å². The summed E-state index contributed by atoms with van der Waals surface area (Å²) >= 11 is 0. The first-order valence-corrected chi connectivity index (χ1v) is 11.3. The van der Waals surface area contributed by atoms with Gasteiger partial charge in [-0.25, -0.2) is 13.2 Å². The van der Waals surface area contributed by atoms with Gasteiger partial charge < -0.3 is 14.8 Å². The molecule has 0 spiro atoms. The highest BCUT2D eigenvalue weighted by molar-refractivity contribution is 7.89. The molecule has 1 unspecified atom stereocenters. The third kappa shape index (κ3) is 6.28. The van der Waals surface area contributed by atoms with E-state index >= 15 is 0 Å². The van der Waals surface area contributed by atoms with Gasteiger partial charge in [-0.3, -0.25) is 4.79 Å². The lowest BCUT2D eigenvalue weighted by atomic mass is 10.2. The number of esters is 1. The molecule has 8 nitrogen and oxygen atoms in total. The van der Waals surface area contributed by atoms with Gasteiger partial charge in [0.25, 0.3) is 5.91 Å². The van der Waals surface area contributed by atoms with Crippen molar-refractivity contribution in [1.29, 1.82) is 0 Å². The zero-order valence-corrected chi connectivity index (χ0v) is 18.9. The minimum absolute atomic E-state index is 0.00243. The lowest BCUT2D eigenvalue weighted by Gasteiger charge is -2.20. The molecule has 0 radical (unpaired) electrons. The fraction of sp³-hybridized carbons (Fsp3) is 0.364. The zero-order chi connectivity index (χ0) is 23.0. The van der Waals surface area contributed by atoms with Crippen LogP contribution in [0.2, 0.25) is 0 Å². The van der Waals surface area contributed by atoms with Crippen LogP contribution in [0, 0.1) is 0 Å². The van der Waals surface area contributed by atoms with E-state index in [9.17, 15) is 18.0 Å². The Morgan fingerprint density at radius 2 is 1.81 bits per heavy atom. The molecule has 0 fully saturated rings. The molecule has 2 aromatic carbocycles. The van der Waals surface area contributed by atoms with E-state index in [1.165, 1.54) is 43.6 Å². The molecule has 0 heterocycles. The highest BCUT2D eigenvalue weighted by atomic mass is 32.2. The van der Waals surface area contributed by atoms with Gasteiger partial charge in [-0.2, -0.15) is 4.31 Å². The molecule has 1 amide bonds. The molecular formula is C22H28N2O6S. The number of nitrogens with zero attached hydrogens (tertiary/aromatic N) is 1. The number of rotatable bonds is 10. The van der Waals surface area contributed by atoms with Gasteiger partial charge in [0.05, 0.1) is 12.7 Å². The number of ether oxygens (including phenoxy) is 2. The number of carbonyl (C=O) groups is 2.